The molecule has 0 radical (unpaired) electrons. The average molecular weight is 273 g/mol. The number of carbonyl (C=O) groups is 1. The molecule has 0 aromatic heterocycles. The van der Waals surface area contributed by atoms with Crippen molar-refractivity contribution in [3.63, 3.8) is 0 Å². The zero-order chi connectivity index (χ0) is 14.8. The topological polar surface area (TPSA) is 29.1 Å². The van der Waals surface area contributed by atoms with Crippen LogP contribution < -0.4 is 5.32 Å². The summed E-state index contributed by atoms with van der Waals surface area (Å²) < 4.78 is 13.5. The first-order valence-electron chi connectivity index (χ1n) is 6.89. The Bertz CT molecular complexity index is 634. The quantitative estimate of drug-likeness (QED) is 0.902. The summed E-state index contributed by atoms with van der Waals surface area (Å²) in [6.07, 6.45) is 0.472. The molecule has 0 aliphatic rings. The fraction of sp³-hybridized carbons (Fsp3) is 0.353. The van der Waals surface area contributed by atoms with Gasteiger partial charge in [-0.25, -0.2) is 4.39 Å². The minimum atomic E-state index is -0.252. The van der Waals surface area contributed by atoms with Crippen LogP contribution in [0.25, 0.3) is 10.8 Å². The summed E-state index contributed by atoms with van der Waals surface area (Å²) >= 11 is 0. The van der Waals surface area contributed by atoms with E-state index in [4.69, 9.17) is 0 Å². The molecule has 0 aliphatic heterocycles. The molecule has 0 saturated carbocycles. The van der Waals surface area contributed by atoms with Crippen LogP contribution in [0.1, 0.15) is 32.8 Å². The van der Waals surface area contributed by atoms with Crippen LogP contribution >= 0.6 is 0 Å². The van der Waals surface area contributed by atoms with Gasteiger partial charge in [0.05, 0.1) is 0 Å². The summed E-state index contributed by atoms with van der Waals surface area (Å²) in [5.41, 5.74) is 0.795. The van der Waals surface area contributed by atoms with Crippen LogP contribution in [0, 0.1) is 5.82 Å². The van der Waals surface area contributed by atoms with Gasteiger partial charge >= 0.3 is 0 Å². The molecule has 0 heterocycles. The normalized spacial score (nSPS) is 11.6. The molecular formula is C17H20FNO. The van der Waals surface area contributed by atoms with E-state index in [1.807, 2.05) is 25.1 Å². The molecule has 0 bridgehead atoms. The largest absolute Gasteiger partial charge is 0.355 e. The predicted molar refractivity (Wildman–Crippen MR) is 80.2 cm³/mol. The van der Waals surface area contributed by atoms with Crippen LogP contribution in [0.5, 0.6) is 0 Å². The van der Waals surface area contributed by atoms with E-state index in [-0.39, 0.29) is 17.1 Å². The molecular weight excluding hydrogens is 253 g/mol. The van der Waals surface area contributed by atoms with Gasteiger partial charge in [-0.2, -0.15) is 0 Å². The first-order valence-corrected chi connectivity index (χ1v) is 6.89. The van der Waals surface area contributed by atoms with Crippen LogP contribution in [0.3, 0.4) is 0 Å². The van der Waals surface area contributed by atoms with Gasteiger partial charge in [0, 0.05) is 18.4 Å². The fourth-order valence-corrected chi connectivity index (χ4v) is 2.37. The monoisotopic (exact) mass is 273 g/mol. The van der Waals surface area contributed by atoms with Gasteiger partial charge in [0.15, 0.2) is 0 Å². The third kappa shape index (κ3) is 2.98. The summed E-state index contributed by atoms with van der Waals surface area (Å²) in [6, 6.07) is 10.8. The zero-order valence-electron chi connectivity index (χ0n) is 12.2. The van der Waals surface area contributed by atoms with Crippen molar-refractivity contribution in [3.05, 3.63) is 47.8 Å². The smallest absolute Gasteiger partial charge is 0.219 e. The fourth-order valence-electron chi connectivity index (χ4n) is 2.37. The van der Waals surface area contributed by atoms with Crippen LogP contribution in [0.15, 0.2) is 36.4 Å². The maximum absolute atomic E-state index is 13.5. The maximum atomic E-state index is 13.5. The molecule has 0 aliphatic carbocycles. The number of hydrogen-bond acceptors (Lipinski definition) is 1. The van der Waals surface area contributed by atoms with E-state index in [0.717, 1.165) is 16.3 Å². The summed E-state index contributed by atoms with van der Waals surface area (Å²) in [7, 11) is 0. The minimum absolute atomic E-state index is 0.0319. The Morgan fingerprint density at radius 3 is 2.70 bits per heavy atom. The summed E-state index contributed by atoms with van der Waals surface area (Å²) in [4.78, 5) is 11.4. The van der Waals surface area contributed by atoms with Crippen LogP contribution in [0.2, 0.25) is 0 Å². The Labute approximate surface area is 119 Å². The van der Waals surface area contributed by atoms with Gasteiger partial charge in [0.2, 0.25) is 5.91 Å². The second kappa shape index (κ2) is 5.61. The predicted octanol–water partition coefficient (Wildman–Crippen LogP) is 3.78. The molecule has 0 fully saturated rings. The van der Waals surface area contributed by atoms with E-state index in [1.54, 1.807) is 12.1 Å². The molecule has 0 saturated heterocycles. The SMILES string of the molecule is CCC(=O)NCC(C)(C)c1cccc2ccc(F)cc12. The van der Waals surface area contributed by atoms with Gasteiger partial charge in [-0.3, -0.25) is 4.79 Å². The van der Waals surface area contributed by atoms with Crippen molar-refractivity contribution in [2.75, 3.05) is 6.54 Å². The second-order valence-corrected chi connectivity index (χ2v) is 5.69. The second-order valence-electron chi connectivity index (χ2n) is 5.69. The van der Waals surface area contributed by atoms with Crippen molar-refractivity contribution in [2.45, 2.75) is 32.6 Å². The molecule has 1 N–H and O–H groups in total. The van der Waals surface area contributed by atoms with Crippen molar-refractivity contribution < 1.29 is 9.18 Å². The van der Waals surface area contributed by atoms with Crippen molar-refractivity contribution in [3.8, 4) is 0 Å². The van der Waals surface area contributed by atoms with Gasteiger partial charge in [-0.15, -0.1) is 0 Å². The highest BCUT2D eigenvalue weighted by Gasteiger charge is 2.23. The summed E-state index contributed by atoms with van der Waals surface area (Å²) in [5, 5.41) is 4.84. The van der Waals surface area contributed by atoms with Crippen molar-refractivity contribution >= 4 is 16.7 Å². The Hall–Kier alpha value is -1.90. The van der Waals surface area contributed by atoms with E-state index < -0.39 is 0 Å². The van der Waals surface area contributed by atoms with Crippen molar-refractivity contribution in [1.29, 1.82) is 0 Å². The molecule has 106 valence electrons. The van der Waals surface area contributed by atoms with E-state index in [2.05, 4.69) is 19.2 Å². The third-order valence-corrected chi connectivity index (χ3v) is 3.62. The zero-order valence-corrected chi connectivity index (χ0v) is 12.2. The van der Waals surface area contributed by atoms with Crippen LogP contribution in [0.4, 0.5) is 4.39 Å². The molecule has 20 heavy (non-hydrogen) atoms. The van der Waals surface area contributed by atoms with Gasteiger partial charge in [0.1, 0.15) is 5.82 Å². The number of benzene rings is 2. The number of rotatable bonds is 4. The summed E-state index contributed by atoms with van der Waals surface area (Å²) in [6.45, 7) is 6.48. The van der Waals surface area contributed by atoms with E-state index in [1.165, 1.54) is 6.07 Å². The molecule has 2 rings (SSSR count). The number of fused-ring (bicyclic) bond motifs is 1. The van der Waals surface area contributed by atoms with E-state index in [0.29, 0.717) is 13.0 Å². The molecule has 0 unspecified atom stereocenters. The minimum Gasteiger partial charge on any atom is -0.355 e. The lowest BCUT2D eigenvalue weighted by Crippen LogP contribution is -2.36. The van der Waals surface area contributed by atoms with Crippen LogP contribution in [-0.2, 0) is 10.2 Å². The van der Waals surface area contributed by atoms with Gasteiger partial charge in [0.25, 0.3) is 0 Å². The number of nitrogens with one attached hydrogen (secondary N) is 1. The first kappa shape index (κ1) is 14.5. The lowest BCUT2D eigenvalue weighted by Gasteiger charge is -2.27. The number of carbonyl (C=O) groups excluding carboxylic acids is 1. The Balaban J connectivity index is 2.40. The van der Waals surface area contributed by atoms with Gasteiger partial charge < -0.3 is 5.32 Å². The van der Waals surface area contributed by atoms with Gasteiger partial charge in [-0.05, 0) is 28.5 Å². The molecule has 2 nitrogen and oxygen atoms in total. The highest BCUT2D eigenvalue weighted by molar-refractivity contribution is 5.87. The molecule has 2 aromatic carbocycles. The number of hydrogen-bond donors (Lipinski definition) is 1. The number of halogens is 1. The van der Waals surface area contributed by atoms with Crippen molar-refractivity contribution in [1.82, 2.24) is 5.32 Å². The molecule has 0 spiro atoms. The lowest BCUT2D eigenvalue weighted by atomic mass is 9.81. The van der Waals surface area contributed by atoms with E-state index >= 15 is 0 Å². The standard InChI is InChI=1S/C17H20FNO/c1-4-16(20)19-11-17(2,3)15-7-5-6-12-8-9-13(18)10-14(12)15/h5-10H,4,11H2,1-3H3,(H,19,20). The van der Waals surface area contributed by atoms with Gasteiger partial charge in [-0.1, -0.05) is 45.0 Å². The molecule has 2 aromatic rings. The Kier molecular flexibility index (Phi) is 4.07. The highest BCUT2D eigenvalue weighted by atomic mass is 19.1. The Morgan fingerprint density at radius 1 is 1.25 bits per heavy atom. The molecule has 0 atom stereocenters. The first-order chi connectivity index (χ1) is 9.44. The average Bonchev–Trinajstić information content (AvgIpc) is 2.44. The Morgan fingerprint density at radius 2 is 2.00 bits per heavy atom. The maximum Gasteiger partial charge on any atom is 0.219 e. The third-order valence-electron chi connectivity index (χ3n) is 3.62. The lowest BCUT2D eigenvalue weighted by molar-refractivity contribution is -0.121. The molecule has 1 amide bonds. The summed E-state index contributed by atoms with van der Waals surface area (Å²) in [5.74, 6) is -0.206. The van der Waals surface area contributed by atoms with Crippen LogP contribution in [-0.4, -0.2) is 12.5 Å². The number of amides is 1. The molecule has 3 heteroatoms. The highest BCUT2D eigenvalue weighted by Crippen LogP contribution is 2.30. The van der Waals surface area contributed by atoms with Crippen molar-refractivity contribution in [2.24, 2.45) is 0 Å². The van der Waals surface area contributed by atoms with E-state index in [9.17, 15) is 9.18 Å².